The summed E-state index contributed by atoms with van der Waals surface area (Å²) in [4.78, 5) is 18.6. The van der Waals surface area contributed by atoms with E-state index >= 15 is 0 Å². The lowest BCUT2D eigenvalue weighted by Crippen LogP contribution is -2.21. The van der Waals surface area contributed by atoms with Gasteiger partial charge in [-0.1, -0.05) is 11.3 Å². The van der Waals surface area contributed by atoms with Crippen molar-refractivity contribution in [3.63, 3.8) is 0 Å². The number of aromatic nitrogens is 1. The van der Waals surface area contributed by atoms with E-state index in [-0.39, 0.29) is 5.91 Å². The van der Waals surface area contributed by atoms with Crippen molar-refractivity contribution in [1.82, 2.24) is 9.88 Å². The number of amides is 1. The fourth-order valence-electron chi connectivity index (χ4n) is 1.65. The van der Waals surface area contributed by atoms with E-state index in [1.807, 2.05) is 31.2 Å². The van der Waals surface area contributed by atoms with Gasteiger partial charge in [-0.2, -0.15) is 0 Å². The molecule has 0 spiro atoms. The summed E-state index contributed by atoms with van der Waals surface area (Å²) in [5.41, 5.74) is 1.65. The topological polar surface area (TPSA) is 54.5 Å². The molecule has 20 heavy (non-hydrogen) atoms. The van der Waals surface area contributed by atoms with Gasteiger partial charge in [-0.15, -0.1) is 0 Å². The molecule has 0 fully saturated rings. The fraction of sp³-hybridized carbons (Fsp3) is 0.286. The van der Waals surface area contributed by atoms with Crippen molar-refractivity contribution in [2.24, 2.45) is 0 Å². The highest BCUT2D eigenvalue weighted by Crippen LogP contribution is 2.27. The predicted octanol–water partition coefficient (Wildman–Crippen LogP) is 2.91. The molecule has 0 saturated carbocycles. The minimum absolute atomic E-state index is 0.0252. The van der Waals surface area contributed by atoms with E-state index < -0.39 is 0 Å². The zero-order chi connectivity index (χ0) is 14.7. The predicted molar refractivity (Wildman–Crippen MR) is 81.1 cm³/mol. The molecule has 1 aromatic carbocycles. The number of anilines is 2. The maximum absolute atomic E-state index is 12.0. The Hall–Kier alpha value is -2.08. The molecule has 106 valence electrons. The molecule has 2 rings (SSSR count). The Bertz CT molecular complexity index is 605. The van der Waals surface area contributed by atoms with E-state index in [9.17, 15) is 4.79 Å². The lowest BCUT2D eigenvalue weighted by molar-refractivity contribution is 0.0831. The quantitative estimate of drug-likeness (QED) is 0.941. The average molecular weight is 291 g/mol. The first kappa shape index (κ1) is 14.3. The zero-order valence-electron chi connectivity index (χ0n) is 11.9. The van der Waals surface area contributed by atoms with Gasteiger partial charge in [-0.3, -0.25) is 4.79 Å². The van der Waals surface area contributed by atoms with Crippen LogP contribution in [0.1, 0.15) is 15.4 Å². The third-order valence-corrected chi connectivity index (χ3v) is 3.80. The maximum atomic E-state index is 12.0. The number of carbonyl (C=O) groups is 1. The lowest BCUT2D eigenvalue weighted by atomic mass is 10.3. The number of carbonyl (C=O) groups excluding carboxylic acids is 1. The first-order chi connectivity index (χ1) is 9.51. The third kappa shape index (κ3) is 3.08. The molecular weight excluding hydrogens is 274 g/mol. The van der Waals surface area contributed by atoms with Gasteiger partial charge in [0.15, 0.2) is 5.13 Å². The van der Waals surface area contributed by atoms with Crippen LogP contribution in [0, 0.1) is 6.92 Å². The van der Waals surface area contributed by atoms with Crippen LogP contribution >= 0.6 is 11.3 Å². The summed E-state index contributed by atoms with van der Waals surface area (Å²) in [5.74, 6) is 0.775. The average Bonchev–Trinajstić information content (AvgIpc) is 2.79. The first-order valence-electron chi connectivity index (χ1n) is 6.11. The van der Waals surface area contributed by atoms with Gasteiger partial charge in [-0.05, 0) is 31.2 Å². The van der Waals surface area contributed by atoms with Crippen molar-refractivity contribution in [2.45, 2.75) is 6.92 Å². The Morgan fingerprint density at radius 2 is 1.95 bits per heavy atom. The highest BCUT2D eigenvalue weighted by Gasteiger charge is 2.16. The molecule has 5 nitrogen and oxygen atoms in total. The summed E-state index contributed by atoms with van der Waals surface area (Å²) < 4.78 is 5.11. The van der Waals surface area contributed by atoms with Crippen LogP contribution in [0.3, 0.4) is 0 Å². The van der Waals surface area contributed by atoms with E-state index in [0.29, 0.717) is 10.0 Å². The zero-order valence-corrected chi connectivity index (χ0v) is 12.7. The molecular formula is C14H17N3O2S. The number of benzene rings is 1. The van der Waals surface area contributed by atoms with Gasteiger partial charge in [-0.25, -0.2) is 4.98 Å². The van der Waals surface area contributed by atoms with Crippen LogP contribution in [0.5, 0.6) is 5.75 Å². The molecule has 1 N–H and O–H groups in total. The lowest BCUT2D eigenvalue weighted by Gasteiger charge is -2.07. The van der Waals surface area contributed by atoms with Gasteiger partial charge >= 0.3 is 0 Å². The smallest absolute Gasteiger partial charge is 0.265 e. The number of ether oxygens (including phenoxy) is 1. The number of nitrogens with one attached hydrogen (secondary N) is 1. The number of hydrogen-bond acceptors (Lipinski definition) is 5. The monoisotopic (exact) mass is 291 g/mol. The molecule has 0 bridgehead atoms. The van der Waals surface area contributed by atoms with E-state index in [2.05, 4.69) is 10.3 Å². The molecule has 0 radical (unpaired) electrons. The Labute approximate surface area is 122 Å². The fourth-order valence-corrected chi connectivity index (χ4v) is 2.66. The molecule has 0 aliphatic rings. The second-order valence-corrected chi connectivity index (χ2v) is 5.49. The van der Waals surface area contributed by atoms with Crippen molar-refractivity contribution < 1.29 is 9.53 Å². The molecule has 0 aliphatic heterocycles. The summed E-state index contributed by atoms with van der Waals surface area (Å²) in [6.07, 6.45) is 0. The van der Waals surface area contributed by atoms with Gasteiger partial charge in [0.2, 0.25) is 0 Å². The molecule has 0 saturated heterocycles. The van der Waals surface area contributed by atoms with E-state index in [4.69, 9.17) is 4.74 Å². The van der Waals surface area contributed by atoms with Crippen LogP contribution in [-0.4, -0.2) is 37.0 Å². The number of rotatable bonds is 4. The van der Waals surface area contributed by atoms with Gasteiger partial charge in [0.05, 0.1) is 12.8 Å². The molecule has 1 heterocycles. The Morgan fingerprint density at radius 3 is 2.50 bits per heavy atom. The van der Waals surface area contributed by atoms with Crippen molar-refractivity contribution in [3.05, 3.63) is 34.8 Å². The van der Waals surface area contributed by atoms with E-state index in [0.717, 1.165) is 17.1 Å². The number of hydrogen-bond donors (Lipinski definition) is 1. The summed E-state index contributed by atoms with van der Waals surface area (Å²) in [6.45, 7) is 1.84. The molecule has 0 unspecified atom stereocenters. The van der Waals surface area contributed by atoms with Crippen LogP contribution in [-0.2, 0) is 0 Å². The van der Waals surface area contributed by atoms with Gasteiger partial charge in [0, 0.05) is 19.8 Å². The van der Waals surface area contributed by atoms with Crippen molar-refractivity contribution >= 4 is 28.1 Å². The van der Waals surface area contributed by atoms with Crippen molar-refractivity contribution in [3.8, 4) is 5.75 Å². The Kier molecular flexibility index (Phi) is 4.24. The van der Waals surface area contributed by atoms with Gasteiger partial charge < -0.3 is 15.0 Å². The summed E-state index contributed by atoms with van der Waals surface area (Å²) in [6, 6.07) is 7.55. The van der Waals surface area contributed by atoms with Crippen molar-refractivity contribution in [1.29, 1.82) is 0 Å². The molecule has 0 atom stereocenters. The Morgan fingerprint density at radius 1 is 1.30 bits per heavy atom. The van der Waals surface area contributed by atoms with E-state index in [1.54, 1.807) is 26.1 Å². The molecule has 1 amide bonds. The SMILES string of the molecule is COc1ccc(Nc2nc(C)c(C(=O)N(C)C)s2)cc1. The third-order valence-electron chi connectivity index (χ3n) is 2.74. The molecule has 1 aromatic heterocycles. The standard InChI is InChI=1S/C14H17N3O2S/c1-9-12(13(18)17(2)3)20-14(15-9)16-10-5-7-11(19-4)8-6-10/h5-8H,1-4H3,(H,15,16). The minimum atomic E-state index is -0.0252. The van der Waals surface area contributed by atoms with Crippen LogP contribution in [0.15, 0.2) is 24.3 Å². The Balaban J connectivity index is 2.17. The number of methoxy groups -OCH3 is 1. The van der Waals surface area contributed by atoms with Gasteiger partial charge in [0.25, 0.3) is 5.91 Å². The van der Waals surface area contributed by atoms with E-state index in [1.165, 1.54) is 11.3 Å². The largest absolute Gasteiger partial charge is 0.497 e. The molecule has 2 aromatic rings. The number of nitrogens with zero attached hydrogens (tertiary/aromatic N) is 2. The minimum Gasteiger partial charge on any atom is -0.497 e. The maximum Gasteiger partial charge on any atom is 0.265 e. The summed E-state index contributed by atoms with van der Waals surface area (Å²) in [7, 11) is 5.10. The highest BCUT2D eigenvalue weighted by atomic mass is 32.1. The first-order valence-corrected chi connectivity index (χ1v) is 6.93. The molecule has 0 aliphatic carbocycles. The number of aryl methyl sites for hydroxylation is 1. The van der Waals surface area contributed by atoms with Gasteiger partial charge in [0.1, 0.15) is 10.6 Å². The van der Waals surface area contributed by atoms with Crippen LogP contribution in [0.25, 0.3) is 0 Å². The van der Waals surface area contributed by atoms with Crippen LogP contribution in [0.4, 0.5) is 10.8 Å². The molecule has 6 heteroatoms. The second kappa shape index (κ2) is 5.92. The highest BCUT2D eigenvalue weighted by molar-refractivity contribution is 7.17. The normalized spacial score (nSPS) is 10.2. The van der Waals surface area contributed by atoms with Crippen molar-refractivity contribution in [2.75, 3.05) is 26.5 Å². The number of thiazole rings is 1. The summed E-state index contributed by atoms with van der Waals surface area (Å²) in [5, 5.41) is 3.90. The second-order valence-electron chi connectivity index (χ2n) is 4.49. The van der Waals surface area contributed by atoms with Crippen LogP contribution < -0.4 is 10.1 Å². The van der Waals surface area contributed by atoms with Crippen LogP contribution in [0.2, 0.25) is 0 Å². The summed E-state index contributed by atoms with van der Waals surface area (Å²) >= 11 is 1.36.